The van der Waals surface area contributed by atoms with Gasteiger partial charge in [-0.15, -0.1) is 0 Å². The highest BCUT2D eigenvalue weighted by Gasteiger charge is 2.17. The SMILES string of the molecule is Cc1cc(C)c(NS(=O)(=O)c2ccc(NC(=S)Nc3ccc([N+](=O)[O-])cc3)cc2)c(C)c1. The predicted molar refractivity (Wildman–Crippen MR) is 131 cm³/mol. The number of anilines is 3. The van der Waals surface area contributed by atoms with Crippen molar-refractivity contribution in [3.63, 3.8) is 0 Å². The normalized spacial score (nSPS) is 11.0. The quantitative estimate of drug-likeness (QED) is 0.260. The van der Waals surface area contributed by atoms with E-state index in [0.717, 1.165) is 16.7 Å². The maximum Gasteiger partial charge on any atom is 0.269 e. The second kappa shape index (κ2) is 9.33. The maximum atomic E-state index is 12.8. The number of benzene rings is 3. The van der Waals surface area contributed by atoms with E-state index in [1.165, 1.54) is 24.3 Å². The zero-order chi connectivity index (χ0) is 23.5. The van der Waals surface area contributed by atoms with E-state index in [1.54, 1.807) is 24.3 Å². The Balaban J connectivity index is 1.67. The molecule has 3 rings (SSSR count). The number of nitrogens with zero attached hydrogens (tertiary/aromatic N) is 1. The van der Waals surface area contributed by atoms with Crippen molar-refractivity contribution in [3.05, 3.63) is 87.5 Å². The van der Waals surface area contributed by atoms with E-state index in [-0.39, 0.29) is 15.7 Å². The highest BCUT2D eigenvalue weighted by atomic mass is 32.2. The zero-order valence-corrected chi connectivity index (χ0v) is 19.3. The Labute approximate surface area is 191 Å². The first kappa shape index (κ1) is 23.2. The summed E-state index contributed by atoms with van der Waals surface area (Å²) in [6, 6.07) is 15.9. The van der Waals surface area contributed by atoms with Crippen LogP contribution in [0.4, 0.5) is 22.7 Å². The van der Waals surface area contributed by atoms with Crippen LogP contribution < -0.4 is 15.4 Å². The van der Waals surface area contributed by atoms with Gasteiger partial charge in [-0.1, -0.05) is 17.7 Å². The van der Waals surface area contributed by atoms with E-state index in [4.69, 9.17) is 12.2 Å². The van der Waals surface area contributed by atoms with Gasteiger partial charge in [0.05, 0.1) is 15.5 Å². The zero-order valence-electron chi connectivity index (χ0n) is 17.7. The standard InChI is InChI=1S/C22H22N4O4S2/c1-14-12-15(2)21(16(3)13-14)25-32(29,30)20-10-6-18(7-11-20)24-22(31)23-17-4-8-19(9-5-17)26(27)28/h4-13,25H,1-3H3,(H2,23,24,31). The molecule has 0 saturated carbocycles. The van der Waals surface area contributed by atoms with Crippen LogP contribution in [0.5, 0.6) is 0 Å². The molecule has 0 aromatic heterocycles. The van der Waals surface area contributed by atoms with Gasteiger partial charge in [0.25, 0.3) is 15.7 Å². The highest BCUT2D eigenvalue weighted by molar-refractivity contribution is 7.92. The third kappa shape index (κ3) is 5.59. The Bertz CT molecular complexity index is 1250. The van der Waals surface area contributed by atoms with Crippen molar-refractivity contribution in [2.75, 3.05) is 15.4 Å². The predicted octanol–water partition coefficient (Wildman–Crippen LogP) is 5.13. The average Bonchev–Trinajstić information content (AvgIpc) is 2.71. The van der Waals surface area contributed by atoms with Gasteiger partial charge in [0.15, 0.2) is 5.11 Å². The lowest BCUT2D eigenvalue weighted by Crippen LogP contribution is -2.19. The van der Waals surface area contributed by atoms with Crippen molar-refractivity contribution < 1.29 is 13.3 Å². The summed E-state index contributed by atoms with van der Waals surface area (Å²) in [6.45, 7) is 5.69. The van der Waals surface area contributed by atoms with Crippen molar-refractivity contribution in [1.82, 2.24) is 0 Å². The minimum atomic E-state index is -3.76. The summed E-state index contributed by atoms with van der Waals surface area (Å²) >= 11 is 5.25. The molecule has 3 N–H and O–H groups in total. The Morgan fingerprint density at radius 3 is 1.81 bits per heavy atom. The number of nitro benzene ring substituents is 1. The van der Waals surface area contributed by atoms with Gasteiger partial charge < -0.3 is 10.6 Å². The van der Waals surface area contributed by atoms with Crippen LogP contribution >= 0.6 is 12.2 Å². The summed E-state index contributed by atoms with van der Waals surface area (Å²) in [5, 5.41) is 16.9. The van der Waals surface area contributed by atoms with Gasteiger partial charge in [0.2, 0.25) is 0 Å². The minimum absolute atomic E-state index is 0.0177. The lowest BCUT2D eigenvalue weighted by atomic mass is 10.1. The van der Waals surface area contributed by atoms with Crippen molar-refractivity contribution in [2.24, 2.45) is 0 Å². The van der Waals surface area contributed by atoms with Crippen LogP contribution in [0.2, 0.25) is 0 Å². The Hall–Kier alpha value is -3.50. The van der Waals surface area contributed by atoms with Gasteiger partial charge in [-0.05, 0) is 80.5 Å². The molecule has 3 aromatic rings. The lowest BCUT2D eigenvalue weighted by Gasteiger charge is -2.15. The molecule has 0 saturated heterocycles. The van der Waals surface area contributed by atoms with Crippen LogP contribution in [0.3, 0.4) is 0 Å². The van der Waals surface area contributed by atoms with Crippen LogP contribution in [0.15, 0.2) is 65.6 Å². The van der Waals surface area contributed by atoms with Crippen LogP contribution in [0, 0.1) is 30.9 Å². The van der Waals surface area contributed by atoms with Gasteiger partial charge in [-0.25, -0.2) is 8.42 Å². The van der Waals surface area contributed by atoms with Crippen LogP contribution in [-0.4, -0.2) is 18.5 Å². The first-order valence-electron chi connectivity index (χ1n) is 9.58. The molecule has 0 atom stereocenters. The second-order valence-corrected chi connectivity index (χ2v) is 9.38. The first-order chi connectivity index (χ1) is 15.0. The molecule has 0 heterocycles. The number of nitro groups is 1. The molecule has 0 bridgehead atoms. The van der Waals surface area contributed by atoms with E-state index in [9.17, 15) is 18.5 Å². The fourth-order valence-corrected chi connectivity index (χ4v) is 4.65. The summed E-state index contributed by atoms with van der Waals surface area (Å²) < 4.78 is 28.3. The van der Waals surface area contributed by atoms with Crippen molar-refractivity contribution >= 4 is 50.1 Å². The van der Waals surface area contributed by atoms with E-state index in [0.29, 0.717) is 17.1 Å². The highest BCUT2D eigenvalue weighted by Crippen LogP contribution is 2.25. The largest absolute Gasteiger partial charge is 0.332 e. The van der Waals surface area contributed by atoms with E-state index in [2.05, 4.69) is 15.4 Å². The number of hydrogen-bond donors (Lipinski definition) is 3. The molecule has 0 aliphatic heterocycles. The molecule has 0 unspecified atom stereocenters. The van der Waals surface area contributed by atoms with Crippen LogP contribution in [0.25, 0.3) is 0 Å². The first-order valence-corrected chi connectivity index (χ1v) is 11.5. The number of sulfonamides is 1. The van der Waals surface area contributed by atoms with Gasteiger partial charge in [0, 0.05) is 23.5 Å². The molecule has 0 aliphatic rings. The summed E-state index contributed by atoms with van der Waals surface area (Å²) in [7, 11) is -3.76. The smallest absolute Gasteiger partial charge is 0.269 e. The van der Waals surface area contributed by atoms with Gasteiger partial charge in [0.1, 0.15) is 0 Å². The molecule has 0 fully saturated rings. The molecular weight excluding hydrogens is 448 g/mol. The number of nitrogens with one attached hydrogen (secondary N) is 3. The molecule has 0 radical (unpaired) electrons. The molecule has 0 spiro atoms. The Kier molecular flexibility index (Phi) is 6.75. The van der Waals surface area contributed by atoms with Gasteiger partial charge in [-0.2, -0.15) is 0 Å². The number of hydrogen-bond acceptors (Lipinski definition) is 5. The molecule has 32 heavy (non-hydrogen) atoms. The van der Waals surface area contributed by atoms with E-state index in [1.807, 2.05) is 32.9 Å². The van der Waals surface area contributed by atoms with E-state index < -0.39 is 14.9 Å². The number of aryl methyl sites for hydroxylation is 3. The molecule has 3 aromatic carbocycles. The molecule has 10 heteroatoms. The third-order valence-corrected chi connectivity index (χ3v) is 6.24. The third-order valence-electron chi connectivity index (χ3n) is 4.67. The Morgan fingerprint density at radius 1 is 0.875 bits per heavy atom. The molecular formula is C22H22N4O4S2. The second-order valence-electron chi connectivity index (χ2n) is 7.29. The average molecular weight is 471 g/mol. The van der Waals surface area contributed by atoms with Crippen LogP contribution in [-0.2, 0) is 10.0 Å². The summed E-state index contributed by atoms with van der Waals surface area (Å²) in [5.41, 5.74) is 4.50. The molecule has 0 aliphatic carbocycles. The Morgan fingerprint density at radius 2 is 1.34 bits per heavy atom. The number of non-ortho nitro benzene ring substituents is 1. The summed E-state index contributed by atoms with van der Waals surface area (Å²) in [6.07, 6.45) is 0. The van der Waals surface area contributed by atoms with Gasteiger partial charge >= 0.3 is 0 Å². The fourth-order valence-electron chi connectivity index (χ4n) is 3.21. The van der Waals surface area contributed by atoms with Crippen molar-refractivity contribution in [1.29, 1.82) is 0 Å². The minimum Gasteiger partial charge on any atom is -0.332 e. The fraction of sp³-hybridized carbons (Fsp3) is 0.136. The van der Waals surface area contributed by atoms with Crippen molar-refractivity contribution in [3.8, 4) is 0 Å². The van der Waals surface area contributed by atoms with Gasteiger partial charge in [-0.3, -0.25) is 14.8 Å². The number of thiocarbonyl (C=S) groups is 1. The lowest BCUT2D eigenvalue weighted by molar-refractivity contribution is -0.384. The maximum absolute atomic E-state index is 12.8. The summed E-state index contributed by atoms with van der Waals surface area (Å²) in [5.74, 6) is 0. The molecule has 0 amide bonds. The summed E-state index contributed by atoms with van der Waals surface area (Å²) in [4.78, 5) is 10.4. The monoisotopic (exact) mass is 470 g/mol. The van der Waals surface area contributed by atoms with E-state index >= 15 is 0 Å². The number of rotatable bonds is 6. The van der Waals surface area contributed by atoms with Crippen LogP contribution in [0.1, 0.15) is 16.7 Å². The van der Waals surface area contributed by atoms with Crippen molar-refractivity contribution in [2.45, 2.75) is 25.7 Å². The topological polar surface area (TPSA) is 113 Å². The molecule has 166 valence electrons. The molecule has 8 nitrogen and oxygen atoms in total.